The molecule has 0 aliphatic heterocycles. The van der Waals surface area contributed by atoms with Gasteiger partial charge in [0.15, 0.2) is 6.10 Å². The van der Waals surface area contributed by atoms with E-state index in [1.807, 2.05) is 0 Å². The molecule has 0 bridgehead atoms. The van der Waals surface area contributed by atoms with Crippen LogP contribution in [0.25, 0.3) is 0 Å². The van der Waals surface area contributed by atoms with Gasteiger partial charge in [-0.15, -0.1) is 6.42 Å². The second kappa shape index (κ2) is 5.06. The van der Waals surface area contributed by atoms with Gasteiger partial charge in [0.25, 0.3) is 0 Å². The first-order valence-electron chi connectivity index (χ1n) is 4.62. The normalized spacial score (nSPS) is 11.3. The zero-order valence-corrected chi connectivity index (χ0v) is 8.78. The van der Waals surface area contributed by atoms with E-state index in [9.17, 15) is 4.79 Å². The van der Waals surface area contributed by atoms with Gasteiger partial charge in [-0.25, -0.2) is 0 Å². The van der Waals surface area contributed by atoms with Crippen LogP contribution in [0.4, 0.5) is 5.69 Å². The highest BCUT2D eigenvalue weighted by Crippen LogP contribution is 2.16. The smallest absolute Gasteiger partial charge is 0.221 e. The van der Waals surface area contributed by atoms with Crippen LogP contribution in [0.2, 0.25) is 0 Å². The first kappa shape index (κ1) is 11.1. The molecule has 1 aromatic rings. The van der Waals surface area contributed by atoms with Crippen molar-refractivity contribution in [2.45, 2.75) is 20.0 Å². The number of amides is 1. The van der Waals surface area contributed by atoms with Gasteiger partial charge in [-0.1, -0.05) is 5.92 Å². The number of carbonyl (C=O) groups excluding carboxylic acids is 1. The summed E-state index contributed by atoms with van der Waals surface area (Å²) in [5.74, 6) is 3.06. The van der Waals surface area contributed by atoms with Crippen LogP contribution in [0.15, 0.2) is 24.3 Å². The van der Waals surface area contributed by atoms with Crippen LogP contribution in [0, 0.1) is 12.3 Å². The maximum Gasteiger partial charge on any atom is 0.221 e. The van der Waals surface area contributed by atoms with E-state index in [2.05, 4.69) is 11.2 Å². The van der Waals surface area contributed by atoms with Gasteiger partial charge in [0, 0.05) is 12.6 Å². The van der Waals surface area contributed by atoms with Crippen LogP contribution in [-0.4, -0.2) is 12.0 Å². The van der Waals surface area contributed by atoms with E-state index in [4.69, 9.17) is 11.2 Å². The SMILES string of the molecule is C#CC(C)Oc1ccc(NC(C)=O)cc1. The van der Waals surface area contributed by atoms with Gasteiger partial charge in [-0.3, -0.25) is 4.79 Å². The molecule has 1 N–H and O–H groups in total. The van der Waals surface area contributed by atoms with Gasteiger partial charge in [-0.05, 0) is 31.2 Å². The van der Waals surface area contributed by atoms with Crippen LogP contribution in [0.5, 0.6) is 5.75 Å². The summed E-state index contributed by atoms with van der Waals surface area (Å²) in [4.78, 5) is 10.8. The average Bonchev–Trinajstić information content (AvgIpc) is 2.20. The van der Waals surface area contributed by atoms with E-state index >= 15 is 0 Å². The summed E-state index contributed by atoms with van der Waals surface area (Å²) in [6.45, 7) is 3.26. The molecule has 78 valence electrons. The van der Waals surface area contributed by atoms with Gasteiger partial charge < -0.3 is 10.1 Å². The number of benzene rings is 1. The minimum absolute atomic E-state index is 0.0966. The molecule has 0 fully saturated rings. The highest BCUT2D eigenvalue weighted by molar-refractivity contribution is 5.88. The molecule has 0 aliphatic carbocycles. The molecule has 0 radical (unpaired) electrons. The number of hydrogen-bond donors (Lipinski definition) is 1. The maximum absolute atomic E-state index is 10.8. The summed E-state index contributed by atoms with van der Waals surface area (Å²) in [5.41, 5.74) is 0.739. The Kier molecular flexibility index (Phi) is 3.75. The number of hydrogen-bond acceptors (Lipinski definition) is 2. The topological polar surface area (TPSA) is 38.3 Å². The molecule has 1 amide bonds. The number of carbonyl (C=O) groups is 1. The third-order valence-electron chi connectivity index (χ3n) is 1.72. The van der Waals surface area contributed by atoms with Crippen LogP contribution in [0.3, 0.4) is 0 Å². The van der Waals surface area contributed by atoms with Crippen molar-refractivity contribution in [3.63, 3.8) is 0 Å². The number of terminal acetylenes is 1. The molecule has 0 aromatic heterocycles. The zero-order chi connectivity index (χ0) is 11.3. The molecule has 0 aliphatic rings. The fraction of sp³-hybridized carbons (Fsp3) is 0.250. The number of rotatable bonds is 3. The fourth-order valence-electron chi connectivity index (χ4n) is 1.06. The summed E-state index contributed by atoms with van der Waals surface area (Å²) in [5, 5.41) is 2.66. The van der Waals surface area contributed by atoms with Gasteiger partial charge in [0.05, 0.1) is 0 Å². The Bertz CT molecular complexity index is 376. The lowest BCUT2D eigenvalue weighted by Gasteiger charge is -2.09. The van der Waals surface area contributed by atoms with Crippen molar-refractivity contribution < 1.29 is 9.53 Å². The van der Waals surface area contributed by atoms with Crippen LogP contribution in [0.1, 0.15) is 13.8 Å². The quantitative estimate of drug-likeness (QED) is 0.763. The predicted molar refractivity (Wildman–Crippen MR) is 59.7 cm³/mol. The molecular formula is C12H13NO2. The molecule has 3 heteroatoms. The van der Waals surface area contributed by atoms with Crippen molar-refractivity contribution >= 4 is 11.6 Å². The second-order valence-corrected chi connectivity index (χ2v) is 3.13. The van der Waals surface area contributed by atoms with E-state index in [0.29, 0.717) is 5.75 Å². The second-order valence-electron chi connectivity index (χ2n) is 3.13. The average molecular weight is 203 g/mol. The summed E-state index contributed by atoms with van der Waals surface area (Å²) < 4.78 is 5.37. The third-order valence-corrected chi connectivity index (χ3v) is 1.72. The molecule has 0 saturated heterocycles. The maximum atomic E-state index is 10.8. The Labute approximate surface area is 89.4 Å². The van der Waals surface area contributed by atoms with Crippen LogP contribution in [-0.2, 0) is 4.79 Å². The van der Waals surface area contributed by atoms with Gasteiger partial charge in [-0.2, -0.15) is 0 Å². The molecule has 0 heterocycles. The molecule has 1 atom stereocenters. The monoisotopic (exact) mass is 203 g/mol. The molecule has 15 heavy (non-hydrogen) atoms. The Morgan fingerprint density at radius 3 is 2.53 bits per heavy atom. The molecule has 0 saturated carbocycles. The van der Waals surface area contributed by atoms with E-state index in [1.165, 1.54) is 6.92 Å². The van der Waals surface area contributed by atoms with Crippen molar-refractivity contribution in [1.82, 2.24) is 0 Å². The minimum Gasteiger partial charge on any atom is -0.478 e. The molecule has 1 unspecified atom stereocenters. The summed E-state index contributed by atoms with van der Waals surface area (Å²) in [6, 6.07) is 7.05. The first-order valence-corrected chi connectivity index (χ1v) is 4.62. The minimum atomic E-state index is -0.253. The lowest BCUT2D eigenvalue weighted by atomic mass is 10.3. The molecular weight excluding hydrogens is 190 g/mol. The first-order chi connectivity index (χ1) is 7.11. The van der Waals surface area contributed by atoms with Crippen molar-refractivity contribution in [3.05, 3.63) is 24.3 Å². The van der Waals surface area contributed by atoms with E-state index in [-0.39, 0.29) is 12.0 Å². The molecule has 1 aromatic carbocycles. The van der Waals surface area contributed by atoms with E-state index in [1.54, 1.807) is 31.2 Å². The fourth-order valence-corrected chi connectivity index (χ4v) is 1.06. The van der Waals surface area contributed by atoms with E-state index < -0.39 is 0 Å². The van der Waals surface area contributed by atoms with E-state index in [0.717, 1.165) is 5.69 Å². The Balaban J connectivity index is 2.65. The van der Waals surface area contributed by atoms with Crippen LogP contribution >= 0.6 is 0 Å². The molecule has 0 spiro atoms. The number of anilines is 1. The standard InChI is InChI=1S/C12H13NO2/c1-4-9(2)15-12-7-5-11(6-8-12)13-10(3)14/h1,5-9H,2-3H3,(H,13,14). The van der Waals surface area contributed by atoms with Gasteiger partial charge >= 0.3 is 0 Å². The summed E-state index contributed by atoms with van der Waals surface area (Å²) >= 11 is 0. The Morgan fingerprint density at radius 2 is 2.07 bits per heavy atom. The van der Waals surface area contributed by atoms with Gasteiger partial charge in [0.2, 0.25) is 5.91 Å². The highest BCUT2D eigenvalue weighted by atomic mass is 16.5. The summed E-state index contributed by atoms with van der Waals surface area (Å²) in [7, 11) is 0. The van der Waals surface area contributed by atoms with Crippen LogP contribution < -0.4 is 10.1 Å². The molecule has 3 nitrogen and oxygen atoms in total. The number of nitrogens with one attached hydrogen (secondary N) is 1. The Hall–Kier alpha value is -1.95. The molecule has 1 rings (SSSR count). The predicted octanol–water partition coefficient (Wildman–Crippen LogP) is 2.05. The lowest BCUT2D eigenvalue weighted by molar-refractivity contribution is -0.114. The van der Waals surface area contributed by atoms with Crippen molar-refractivity contribution in [2.24, 2.45) is 0 Å². The lowest BCUT2D eigenvalue weighted by Crippen LogP contribution is -2.08. The van der Waals surface area contributed by atoms with Crippen molar-refractivity contribution in [2.75, 3.05) is 5.32 Å². The van der Waals surface area contributed by atoms with Crippen molar-refractivity contribution in [3.8, 4) is 18.1 Å². The summed E-state index contributed by atoms with van der Waals surface area (Å²) in [6.07, 6.45) is 4.93. The van der Waals surface area contributed by atoms with Crippen molar-refractivity contribution in [1.29, 1.82) is 0 Å². The number of ether oxygens (including phenoxy) is 1. The Morgan fingerprint density at radius 1 is 1.47 bits per heavy atom. The largest absolute Gasteiger partial charge is 0.478 e. The zero-order valence-electron chi connectivity index (χ0n) is 8.78. The highest BCUT2D eigenvalue weighted by Gasteiger charge is 2.00. The van der Waals surface area contributed by atoms with Gasteiger partial charge in [0.1, 0.15) is 5.75 Å². The third kappa shape index (κ3) is 3.74.